The Labute approximate surface area is 109 Å². The molecular formula is C14H22N2O2. The van der Waals surface area contributed by atoms with E-state index in [1.807, 2.05) is 13.8 Å². The van der Waals surface area contributed by atoms with Gasteiger partial charge in [-0.15, -0.1) is 0 Å². The molecule has 1 aromatic heterocycles. The standard InChI is InChI=1S/C14H22N2O2/c1-10(2)16-6-5-14(17)12-7-13(9-15-8-12)18-11(3)4/h7-11,16H,5-6H2,1-4H3. The molecule has 0 spiro atoms. The molecule has 4 nitrogen and oxygen atoms in total. The maximum atomic E-state index is 11.9. The summed E-state index contributed by atoms with van der Waals surface area (Å²) in [5.41, 5.74) is 0.610. The van der Waals surface area contributed by atoms with Crippen molar-refractivity contribution in [1.29, 1.82) is 0 Å². The number of nitrogens with zero attached hydrogens (tertiary/aromatic N) is 1. The zero-order valence-electron chi connectivity index (χ0n) is 11.6. The summed E-state index contributed by atoms with van der Waals surface area (Å²) in [7, 11) is 0. The van der Waals surface area contributed by atoms with Gasteiger partial charge in [-0.3, -0.25) is 9.78 Å². The van der Waals surface area contributed by atoms with Crippen molar-refractivity contribution in [1.82, 2.24) is 10.3 Å². The number of pyridine rings is 1. The van der Waals surface area contributed by atoms with E-state index in [-0.39, 0.29) is 11.9 Å². The fourth-order valence-corrected chi connectivity index (χ4v) is 1.53. The average Bonchev–Trinajstić information content (AvgIpc) is 2.27. The van der Waals surface area contributed by atoms with Crippen LogP contribution in [0.1, 0.15) is 44.5 Å². The van der Waals surface area contributed by atoms with Crippen molar-refractivity contribution in [2.45, 2.75) is 46.3 Å². The summed E-state index contributed by atoms with van der Waals surface area (Å²) in [4.78, 5) is 16.0. The number of nitrogens with one attached hydrogen (secondary N) is 1. The minimum atomic E-state index is 0.0831. The molecule has 100 valence electrons. The van der Waals surface area contributed by atoms with Crippen molar-refractivity contribution in [2.24, 2.45) is 0 Å². The number of aromatic nitrogens is 1. The van der Waals surface area contributed by atoms with Crippen molar-refractivity contribution in [3.05, 3.63) is 24.0 Å². The molecule has 0 saturated heterocycles. The maximum absolute atomic E-state index is 11.9. The van der Waals surface area contributed by atoms with Gasteiger partial charge < -0.3 is 10.1 Å². The molecule has 1 heterocycles. The number of hydrogen-bond donors (Lipinski definition) is 1. The normalized spacial score (nSPS) is 11.0. The predicted molar refractivity (Wildman–Crippen MR) is 72.1 cm³/mol. The third kappa shape index (κ3) is 5.27. The number of ketones is 1. The quantitative estimate of drug-likeness (QED) is 0.755. The molecule has 0 aliphatic rings. The molecule has 0 bridgehead atoms. The Morgan fingerprint density at radius 1 is 1.33 bits per heavy atom. The summed E-state index contributed by atoms with van der Waals surface area (Å²) in [6, 6.07) is 2.15. The van der Waals surface area contributed by atoms with E-state index in [1.165, 1.54) is 0 Å². The Hall–Kier alpha value is -1.42. The van der Waals surface area contributed by atoms with Gasteiger partial charge in [0.25, 0.3) is 0 Å². The van der Waals surface area contributed by atoms with Crippen LogP contribution in [0.25, 0.3) is 0 Å². The van der Waals surface area contributed by atoms with Gasteiger partial charge in [-0.05, 0) is 19.9 Å². The van der Waals surface area contributed by atoms with Gasteiger partial charge in [-0.25, -0.2) is 0 Å². The van der Waals surface area contributed by atoms with Crippen molar-refractivity contribution in [2.75, 3.05) is 6.54 Å². The molecule has 0 aliphatic carbocycles. The number of rotatable bonds is 7. The van der Waals surface area contributed by atoms with E-state index >= 15 is 0 Å². The van der Waals surface area contributed by atoms with E-state index in [1.54, 1.807) is 18.5 Å². The number of hydrogen-bond acceptors (Lipinski definition) is 4. The van der Waals surface area contributed by atoms with Crippen molar-refractivity contribution < 1.29 is 9.53 Å². The summed E-state index contributed by atoms with van der Waals surface area (Å²) in [5.74, 6) is 0.734. The van der Waals surface area contributed by atoms with Crippen LogP contribution in [0.15, 0.2) is 18.5 Å². The molecule has 0 aliphatic heterocycles. The second-order valence-electron chi connectivity index (χ2n) is 4.86. The molecule has 18 heavy (non-hydrogen) atoms. The van der Waals surface area contributed by atoms with Gasteiger partial charge >= 0.3 is 0 Å². The number of Topliss-reactive ketones (excluding diaryl/α,β-unsaturated/α-hetero) is 1. The lowest BCUT2D eigenvalue weighted by molar-refractivity contribution is 0.0981. The molecule has 0 aromatic carbocycles. The number of carbonyl (C=O) groups is 1. The van der Waals surface area contributed by atoms with Gasteiger partial charge in [-0.1, -0.05) is 13.8 Å². The Balaban J connectivity index is 2.57. The molecule has 1 aromatic rings. The lowest BCUT2D eigenvalue weighted by Crippen LogP contribution is -2.25. The zero-order chi connectivity index (χ0) is 13.5. The monoisotopic (exact) mass is 250 g/mol. The SMILES string of the molecule is CC(C)NCCC(=O)c1cncc(OC(C)C)c1. The summed E-state index contributed by atoms with van der Waals surface area (Å²) in [6.45, 7) is 8.69. The van der Waals surface area contributed by atoms with E-state index in [2.05, 4.69) is 24.1 Å². The third-order valence-electron chi connectivity index (χ3n) is 2.31. The average molecular weight is 250 g/mol. The van der Waals surface area contributed by atoms with Crippen LogP contribution in [-0.4, -0.2) is 29.5 Å². The minimum absolute atomic E-state index is 0.0831. The second-order valence-corrected chi connectivity index (χ2v) is 4.86. The fourth-order valence-electron chi connectivity index (χ4n) is 1.53. The van der Waals surface area contributed by atoms with Crippen molar-refractivity contribution in [3.8, 4) is 5.75 Å². The van der Waals surface area contributed by atoms with E-state index < -0.39 is 0 Å². The topological polar surface area (TPSA) is 51.2 Å². The van der Waals surface area contributed by atoms with E-state index in [4.69, 9.17) is 4.74 Å². The lowest BCUT2D eigenvalue weighted by atomic mass is 10.1. The molecule has 0 saturated carbocycles. The largest absolute Gasteiger partial charge is 0.489 e. The Bertz CT molecular complexity index is 389. The van der Waals surface area contributed by atoms with Crippen LogP contribution in [0.4, 0.5) is 0 Å². The number of ether oxygens (including phenoxy) is 1. The van der Waals surface area contributed by atoms with Gasteiger partial charge in [-0.2, -0.15) is 0 Å². The van der Waals surface area contributed by atoms with E-state index in [9.17, 15) is 4.79 Å². The summed E-state index contributed by atoms with van der Waals surface area (Å²) in [6.07, 6.45) is 3.78. The van der Waals surface area contributed by atoms with Crippen LogP contribution in [0.5, 0.6) is 5.75 Å². The first-order chi connectivity index (χ1) is 8.49. The van der Waals surface area contributed by atoms with Crippen molar-refractivity contribution >= 4 is 5.78 Å². The molecule has 1 rings (SSSR count). The van der Waals surface area contributed by atoms with Gasteiger partial charge in [0, 0.05) is 30.8 Å². The first-order valence-corrected chi connectivity index (χ1v) is 6.37. The molecule has 4 heteroatoms. The maximum Gasteiger partial charge on any atom is 0.165 e. The Morgan fingerprint density at radius 3 is 2.67 bits per heavy atom. The first-order valence-electron chi connectivity index (χ1n) is 6.37. The van der Waals surface area contributed by atoms with E-state index in [0.29, 0.717) is 30.3 Å². The van der Waals surface area contributed by atoms with E-state index in [0.717, 1.165) is 0 Å². The fraction of sp³-hybridized carbons (Fsp3) is 0.571. The van der Waals surface area contributed by atoms with Gasteiger partial charge in [0.2, 0.25) is 0 Å². The molecule has 0 unspecified atom stereocenters. The Kier molecular flexibility index (Phi) is 5.78. The smallest absolute Gasteiger partial charge is 0.165 e. The molecule has 0 fully saturated rings. The molecule has 0 atom stereocenters. The van der Waals surface area contributed by atoms with Gasteiger partial charge in [0.15, 0.2) is 5.78 Å². The third-order valence-corrected chi connectivity index (χ3v) is 2.31. The molecule has 0 radical (unpaired) electrons. The second kappa shape index (κ2) is 7.11. The summed E-state index contributed by atoms with van der Waals surface area (Å²) < 4.78 is 5.52. The molecule has 0 amide bonds. The predicted octanol–water partition coefficient (Wildman–Crippen LogP) is 2.44. The first kappa shape index (κ1) is 14.6. The molecular weight excluding hydrogens is 228 g/mol. The highest BCUT2D eigenvalue weighted by atomic mass is 16.5. The van der Waals surface area contributed by atoms with Gasteiger partial charge in [0.1, 0.15) is 5.75 Å². The van der Waals surface area contributed by atoms with Crippen molar-refractivity contribution in [3.63, 3.8) is 0 Å². The number of carbonyl (C=O) groups excluding carboxylic acids is 1. The minimum Gasteiger partial charge on any atom is -0.489 e. The highest BCUT2D eigenvalue weighted by molar-refractivity contribution is 5.96. The van der Waals surface area contributed by atoms with Crippen LogP contribution in [0, 0.1) is 0 Å². The van der Waals surface area contributed by atoms with Crippen LogP contribution in [-0.2, 0) is 0 Å². The highest BCUT2D eigenvalue weighted by Gasteiger charge is 2.08. The molecule has 1 N–H and O–H groups in total. The highest BCUT2D eigenvalue weighted by Crippen LogP contribution is 2.14. The lowest BCUT2D eigenvalue weighted by Gasteiger charge is -2.10. The van der Waals surface area contributed by atoms with Crippen LogP contribution >= 0.6 is 0 Å². The van der Waals surface area contributed by atoms with Crippen LogP contribution in [0.2, 0.25) is 0 Å². The Morgan fingerprint density at radius 2 is 2.06 bits per heavy atom. The van der Waals surface area contributed by atoms with Gasteiger partial charge in [0.05, 0.1) is 12.3 Å². The van der Waals surface area contributed by atoms with Crippen LogP contribution in [0.3, 0.4) is 0 Å². The summed E-state index contributed by atoms with van der Waals surface area (Å²) in [5, 5.41) is 3.22. The zero-order valence-corrected chi connectivity index (χ0v) is 11.6. The summed E-state index contributed by atoms with van der Waals surface area (Å²) >= 11 is 0. The van der Waals surface area contributed by atoms with Crippen LogP contribution < -0.4 is 10.1 Å².